The van der Waals surface area contributed by atoms with E-state index in [2.05, 4.69) is 36.3 Å². The molecule has 1 amide bonds. The average Bonchev–Trinajstić information content (AvgIpc) is 2.49. The number of rotatable bonds is 3. The van der Waals surface area contributed by atoms with Crippen LogP contribution in [0.15, 0.2) is 0 Å². The largest absolute Gasteiger partial charge is 0.301 e. The molecule has 0 saturated heterocycles. The van der Waals surface area contributed by atoms with E-state index < -0.39 is 0 Å². The molecule has 4 nitrogen and oxygen atoms in total. The summed E-state index contributed by atoms with van der Waals surface area (Å²) in [5.74, 6) is 0.363. The maximum atomic E-state index is 11.5. The van der Waals surface area contributed by atoms with E-state index in [4.69, 9.17) is 0 Å². The van der Waals surface area contributed by atoms with Crippen molar-refractivity contribution in [3.05, 3.63) is 5.01 Å². The summed E-state index contributed by atoms with van der Waals surface area (Å²) < 4.78 is 0. The number of carbonyl (C=O) groups is 1. The molecule has 1 heterocycles. The fourth-order valence-electron chi connectivity index (χ4n) is 1.12. The van der Waals surface area contributed by atoms with Crippen LogP contribution in [0.4, 0.5) is 5.13 Å². The summed E-state index contributed by atoms with van der Waals surface area (Å²) in [5, 5.41) is 12.3. The fourth-order valence-corrected chi connectivity index (χ4v) is 1.94. The Morgan fingerprint density at radius 1 is 1.38 bits per heavy atom. The van der Waals surface area contributed by atoms with Gasteiger partial charge in [-0.2, -0.15) is 0 Å². The fraction of sp³-hybridized carbons (Fsp3) is 0.727. The van der Waals surface area contributed by atoms with Crippen LogP contribution in [0.1, 0.15) is 46.0 Å². The summed E-state index contributed by atoms with van der Waals surface area (Å²) in [6, 6.07) is 0. The number of aromatic nitrogens is 2. The van der Waals surface area contributed by atoms with Crippen molar-refractivity contribution < 1.29 is 4.79 Å². The van der Waals surface area contributed by atoms with E-state index in [1.807, 2.05) is 13.8 Å². The molecule has 16 heavy (non-hydrogen) atoms. The van der Waals surface area contributed by atoms with Gasteiger partial charge in [0.2, 0.25) is 11.0 Å². The third-order valence-electron chi connectivity index (χ3n) is 1.91. The molecule has 0 saturated carbocycles. The van der Waals surface area contributed by atoms with Gasteiger partial charge in [-0.3, -0.25) is 4.79 Å². The SMILES string of the molecule is CC(C)CC(=O)Nc1nnc(C(C)(C)C)s1. The summed E-state index contributed by atoms with van der Waals surface area (Å²) >= 11 is 1.44. The molecule has 0 spiro atoms. The molecular formula is C11H19N3OS. The molecular weight excluding hydrogens is 222 g/mol. The van der Waals surface area contributed by atoms with Gasteiger partial charge >= 0.3 is 0 Å². The number of carbonyl (C=O) groups excluding carboxylic acids is 1. The highest BCUT2D eigenvalue weighted by molar-refractivity contribution is 7.15. The molecule has 0 aliphatic carbocycles. The lowest BCUT2D eigenvalue weighted by molar-refractivity contribution is -0.116. The number of amides is 1. The van der Waals surface area contributed by atoms with E-state index in [1.54, 1.807) is 0 Å². The molecule has 5 heteroatoms. The van der Waals surface area contributed by atoms with Crippen molar-refractivity contribution in [1.29, 1.82) is 0 Å². The van der Waals surface area contributed by atoms with Crippen molar-refractivity contribution in [3.8, 4) is 0 Å². The van der Waals surface area contributed by atoms with Crippen LogP contribution in [0.25, 0.3) is 0 Å². The first kappa shape index (κ1) is 13.1. The van der Waals surface area contributed by atoms with Crippen molar-refractivity contribution in [3.63, 3.8) is 0 Å². The minimum absolute atomic E-state index is 0.00612. The van der Waals surface area contributed by atoms with Crippen LogP contribution in [-0.2, 0) is 10.2 Å². The van der Waals surface area contributed by atoms with Crippen molar-refractivity contribution in [2.45, 2.75) is 46.5 Å². The molecule has 0 fully saturated rings. The molecule has 0 aliphatic rings. The summed E-state index contributed by atoms with van der Waals surface area (Å²) in [4.78, 5) is 11.5. The molecule has 1 aromatic heterocycles. The minimum Gasteiger partial charge on any atom is -0.301 e. The van der Waals surface area contributed by atoms with E-state index in [1.165, 1.54) is 11.3 Å². The highest BCUT2D eigenvalue weighted by Gasteiger charge is 2.20. The van der Waals surface area contributed by atoms with Crippen molar-refractivity contribution in [2.75, 3.05) is 5.32 Å². The van der Waals surface area contributed by atoms with Crippen LogP contribution in [0.5, 0.6) is 0 Å². The molecule has 90 valence electrons. The zero-order chi connectivity index (χ0) is 12.3. The first-order valence-corrected chi connectivity index (χ1v) is 6.24. The second-order valence-corrected chi connectivity index (χ2v) is 6.29. The lowest BCUT2D eigenvalue weighted by atomic mass is 9.98. The van der Waals surface area contributed by atoms with Crippen molar-refractivity contribution in [2.24, 2.45) is 5.92 Å². The van der Waals surface area contributed by atoms with E-state index in [9.17, 15) is 4.79 Å². The Labute approximate surface area is 100 Å². The Morgan fingerprint density at radius 3 is 2.44 bits per heavy atom. The quantitative estimate of drug-likeness (QED) is 0.885. The van der Waals surface area contributed by atoms with Crippen LogP contribution >= 0.6 is 11.3 Å². The van der Waals surface area contributed by atoms with E-state index >= 15 is 0 Å². The van der Waals surface area contributed by atoms with Crippen LogP contribution in [0.2, 0.25) is 0 Å². The predicted octanol–water partition coefficient (Wildman–Crippen LogP) is 2.82. The van der Waals surface area contributed by atoms with Gasteiger partial charge in [0.1, 0.15) is 5.01 Å². The molecule has 1 aromatic rings. The first-order chi connectivity index (χ1) is 7.29. The lowest BCUT2D eigenvalue weighted by Crippen LogP contribution is -2.13. The number of nitrogens with one attached hydrogen (secondary N) is 1. The van der Waals surface area contributed by atoms with Gasteiger partial charge in [0.15, 0.2) is 0 Å². The van der Waals surface area contributed by atoms with Gasteiger partial charge in [-0.15, -0.1) is 10.2 Å². The number of anilines is 1. The Bertz CT molecular complexity index is 366. The number of hydrogen-bond donors (Lipinski definition) is 1. The highest BCUT2D eigenvalue weighted by Crippen LogP contribution is 2.27. The van der Waals surface area contributed by atoms with Gasteiger partial charge in [-0.05, 0) is 5.92 Å². The molecule has 0 radical (unpaired) electrons. The summed E-state index contributed by atoms with van der Waals surface area (Å²) in [7, 11) is 0. The van der Waals surface area contributed by atoms with E-state index in [-0.39, 0.29) is 11.3 Å². The van der Waals surface area contributed by atoms with Crippen LogP contribution < -0.4 is 5.32 Å². The molecule has 0 bridgehead atoms. The third kappa shape index (κ3) is 3.89. The maximum Gasteiger partial charge on any atom is 0.226 e. The topological polar surface area (TPSA) is 54.9 Å². The normalized spacial score (nSPS) is 11.9. The van der Waals surface area contributed by atoms with Gasteiger partial charge in [0.25, 0.3) is 0 Å². The van der Waals surface area contributed by atoms with Gasteiger partial charge in [-0.25, -0.2) is 0 Å². The molecule has 1 rings (SSSR count). The van der Waals surface area contributed by atoms with Crippen LogP contribution in [0.3, 0.4) is 0 Å². The summed E-state index contributed by atoms with van der Waals surface area (Å²) in [6.07, 6.45) is 0.518. The zero-order valence-corrected chi connectivity index (χ0v) is 11.3. The molecule has 1 N–H and O–H groups in total. The lowest BCUT2D eigenvalue weighted by Gasteiger charge is -2.12. The molecule has 0 aliphatic heterocycles. The number of nitrogens with zero attached hydrogens (tertiary/aromatic N) is 2. The maximum absolute atomic E-state index is 11.5. The summed E-state index contributed by atoms with van der Waals surface area (Å²) in [6.45, 7) is 10.3. The zero-order valence-electron chi connectivity index (χ0n) is 10.5. The molecule has 0 unspecified atom stereocenters. The van der Waals surface area contributed by atoms with Gasteiger partial charge in [-0.1, -0.05) is 46.0 Å². The second kappa shape index (κ2) is 4.91. The molecule has 0 aromatic carbocycles. The van der Waals surface area contributed by atoms with E-state index in [0.717, 1.165) is 5.01 Å². The van der Waals surface area contributed by atoms with Crippen LogP contribution in [0, 0.1) is 5.92 Å². The molecule has 0 atom stereocenters. The number of hydrogen-bond acceptors (Lipinski definition) is 4. The predicted molar refractivity (Wildman–Crippen MR) is 66.7 cm³/mol. The standard InChI is InChI=1S/C11H19N3OS/c1-7(2)6-8(15)12-10-14-13-9(16-10)11(3,4)5/h7H,6H2,1-5H3,(H,12,14,15). The van der Waals surface area contributed by atoms with Crippen molar-refractivity contribution >= 4 is 22.4 Å². The van der Waals surface area contributed by atoms with Crippen molar-refractivity contribution in [1.82, 2.24) is 10.2 Å². The third-order valence-corrected chi connectivity index (χ3v) is 3.17. The Morgan fingerprint density at radius 2 is 2.00 bits per heavy atom. The van der Waals surface area contributed by atoms with Gasteiger partial charge in [0, 0.05) is 11.8 Å². The second-order valence-electron chi connectivity index (χ2n) is 5.31. The minimum atomic E-state index is -0.0152. The average molecular weight is 241 g/mol. The first-order valence-electron chi connectivity index (χ1n) is 5.43. The van der Waals surface area contributed by atoms with Crippen LogP contribution in [-0.4, -0.2) is 16.1 Å². The van der Waals surface area contributed by atoms with Gasteiger partial charge < -0.3 is 5.32 Å². The Balaban J connectivity index is 2.62. The van der Waals surface area contributed by atoms with Gasteiger partial charge in [0.05, 0.1) is 0 Å². The summed E-state index contributed by atoms with van der Waals surface area (Å²) in [5.41, 5.74) is -0.0152. The highest BCUT2D eigenvalue weighted by atomic mass is 32.1. The Hall–Kier alpha value is -0.970. The monoisotopic (exact) mass is 241 g/mol. The Kier molecular flexibility index (Phi) is 4.02. The van der Waals surface area contributed by atoms with E-state index in [0.29, 0.717) is 17.5 Å². The smallest absolute Gasteiger partial charge is 0.226 e.